The fourth-order valence-electron chi connectivity index (χ4n) is 1.70. The van der Waals surface area contributed by atoms with Crippen LogP contribution in [0.2, 0.25) is 5.02 Å². The van der Waals surface area contributed by atoms with Crippen LogP contribution in [-0.2, 0) is 6.54 Å². The van der Waals surface area contributed by atoms with Crippen molar-refractivity contribution in [1.82, 2.24) is 15.3 Å². The average Bonchev–Trinajstić information content (AvgIpc) is 2.44. The summed E-state index contributed by atoms with van der Waals surface area (Å²) >= 11 is 7.64. The molecule has 0 saturated heterocycles. The molecule has 0 atom stereocenters. The van der Waals surface area contributed by atoms with Crippen LogP contribution in [0.3, 0.4) is 0 Å². The lowest BCUT2D eigenvalue weighted by molar-refractivity contribution is 0.669. The molecule has 2 rings (SSSR count). The van der Waals surface area contributed by atoms with Gasteiger partial charge >= 0.3 is 0 Å². The zero-order valence-electron chi connectivity index (χ0n) is 11.7. The maximum absolute atomic E-state index is 6.10. The van der Waals surface area contributed by atoms with Crippen LogP contribution < -0.4 is 5.32 Å². The Morgan fingerprint density at radius 1 is 1.25 bits per heavy atom. The second-order valence-electron chi connectivity index (χ2n) is 4.57. The van der Waals surface area contributed by atoms with Crippen molar-refractivity contribution in [2.75, 3.05) is 6.54 Å². The van der Waals surface area contributed by atoms with Crippen molar-refractivity contribution >= 4 is 23.4 Å². The number of hydrogen-bond acceptors (Lipinski definition) is 4. The van der Waals surface area contributed by atoms with Crippen molar-refractivity contribution < 1.29 is 0 Å². The molecule has 106 valence electrons. The van der Waals surface area contributed by atoms with E-state index in [0.717, 1.165) is 40.1 Å². The molecule has 0 aliphatic carbocycles. The summed E-state index contributed by atoms with van der Waals surface area (Å²) in [5.74, 6) is 0. The van der Waals surface area contributed by atoms with Crippen LogP contribution in [0.1, 0.15) is 24.5 Å². The highest BCUT2D eigenvalue weighted by molar-refractivity contribution is 7.99. The van der Waals surface area contributed by atoms with E-state index in [0.29, 0.717) is 0 Å². The van der Waals surface area contributed by atoms with Crippen molar-refractivity contribution in [3.63, 3.8) is 0 Å². The summed E-state index contributed by atoms with van der Waals surface area (Å²) in [6, 6.07) is 5.95. The Balaban J connectivity index is 2.15. The van der Waals surface area contributed by atoms with Gasteiger partial charge < -0.3 is 5.32 Å². The molecule has 0 aliphatic rings. The van der Waals surface area contributed by atoms with Gasteiger partial charge in [0, 0.05) is 28.9 Å². The molecule has 1 heterocycles. The molecule has 0 unspecified atom stereocenters. The molecule has 0 saturated carbocycles. The zero-order chi connectivity index (χ0) is 14.4. The monoisotopic (exact) mass is 307 g/mol. The number of halogens is 1. The summed E-state index contributed by atoms with van der Waals surface area (Å²) in [6.45, 7) is 5.98. The lowest BCUT2D eigenvalue weighted by Gasteiger charge is -2.10. The van der Waals surface area contributed by atoms with Crippen LogP contribution in [0.15, 0.2) is 40.6 Å². The van der Waals surface area contributed by atoms with Gasteiger partial charge in [-0.1, -0.05) is 24.6 Å². The third kappa shape index (κ3) is 4.47. The summed E-state index contributed by atoms with van der Waals surface area (Å²) in [7, 11) is 0. The first-order chi connectivity index (χ1) is 9.69. The number of aryl methyl sites for hydroxylation is 1. The number of nitrogens with zero attached hydrogens (tertiary/aromatic N) is 2. The molecule has 0 spiro atoms. The first-order valence-corrected chi connectivity index (χ1v) is 7.84. The SMILES string of the molecule is CCCNCc1ccc(Cl)cc1Sc1ncc(C)cn1. The summed E-state index contributed by atoms with van der Waals surface area (Å²) in [4.78, 5) is 9.76. The molecular formula is C15H18ClN3S. The average molecular weight is 308 g/mol. The van der Waals surface area contributed by atoms with E-state index in [9.17, 15) is 0 Å². The van der Waals surface area contributed by atoms with Crippen LogP contribution in [0.4, 0.5) is 0 Å². The van der Waals surface area contributed by atoms with E-state index in [-0.39, 0.29) is 0 Å². The van der Waals surface area contributed by atoms with E-state index in [1.807, 2.05) is 31.5 Å². The molecule has 0 bridgehead atoms. The highest BCUT2D eigenvalue weighted by atomic mass is 35.5. The minimum atomic E-state index is 0.735. The molecule has 3 nitrogen and oxygen atoms in total. The van der Waals surface area contributed by atoms with Gasteiger partial charge in [-0.25, -0.2) is 9.97 Å². The van der Waals surface area contributed by atoms with Crippen LogP contribution in [0.5, 0.6) is 0 Å². The molecule has 0 fully saturated rings. The van der Waals surface area contributed by atoms with Crippen molar-refractivity contribution in [2.24, 2.45) is 0 Å². The minimum Gasteiger partial charge on any atom is -0.313 e. The molecule has 1 N–H and O–H groups in total. The summed E-state index contributed by atoms with van der Waals surface area (Å²) in [6.07, 6.45) is 4.78. The molecular weight excluding hydrogens is 290 g/mol. The summed E-state index contributed by atoms with van der Waals surface area (Å²) in [5, 5.41) is 4.89. The molecule has 1 aromatic carbocycles. The smallest absolute Gasteiger partial charge is 0.192 e. The largest absolute Gasteiger partial charge is 0.313 e. The van der Waals surface area contributed by atoms with Gasteiger partial charge in [0.25, 0.3) is 0 Å². The summed E-state index contributed by atoms with van der Waals surface area (Å²) < 4.78 is 0. The molecule has 0 aliphatic heterocycles. The van der Waals surface area contributed by atoms with Gasteiger partial charge in [0.15, 0.2) is 5.16 Å². The van der Waals surface area contributed by atoms with E-state index >= 15 is 0 Å². The Bertz CT molecular complexity index is 558. The van der Waals surface area contributed by atoms with Crippen LogP contribution >= 0.6 is 23.4 Å². The highest BCUT2D eigenvalue weighted by Gasteiger charge is 2.07. The van der Waals surface area contributed by atoms with Gasteiger partial charge in [0.05, 0.1) is 0 Å². The molecule has 20 heavy (non-hydrogen) atoms. The van der Waals surface area contributed by atoms with Gasteiger partial charge in [-0.2, -0.15) is 0 Å². The minimum absolute atomic E-state index is 0.735. The number of nitrogens with one attached hydrogen (secondary N) is 1. The quantitative estimate of drug-likeness (QED) is 0.644. The van der Waals surface area contributed by atoms with Crippen LogP contribution in [0.25, 0.3) is 0 Å². The Morgan fingerprint density at radius 2 is 2.00 bits per heavy atom. The van der Waals surface area contributed by atoms with Gasteiger partial charge in [0.2, 0.25) is 0 Å². The fraction of sp³-hybridized carbons (Fsp3) is 0.333. The fourth-order valence-corrected chi connectivity index (χ4v) is 2.80. The van der Waals surface area contributed by atoms with Gasteiger partial charge in [-0.3, -0.25) is 0 Å². The number of hydrogen-bond donors (Lipinski definition) is 1. The third-order valence-electron chi connectivity index (χ3n) is 2.73. The van der Waals surface area contributed by atoms with Gasteiger partial charge in [-0.05, 0) is 54.9 Å². The Hall–Kier alpha value is -1.10. The lowest BCUT2D eigenvalue weighted by atomic mass is 10.2. The second kappa shape index (κ2) is 7.62. The lowest BCUT2D eigenvalue weighted by Crippen LogP contribution is -2.14. The van der Waals surface area contributed by atoms with Gasteiger partial charge in [-0.15, -0.1) is 0 Å². The summed E-state index contributed by atoms with van der Waals surface area (Å²) in [5.41, 5.74) is 2.28. The topological polar surface area (TPSA) is 37.8 Å². The molecule has 2 aromatic rings. The predicted molar refractivity (Wildman–Crippen MR) is 84.3 cm³/mol. The van der Waals surface area contributed by atoms with E-state index in [1.54, 1.807) is 11.8 Å². The van der Waals surface area contributed by atoms with Crippen molar-refractivity contribution in [2.45, 2.75) is 36.9 Å². The second-order valence-corrected chi connectivity index (χ2v) is 6.02. The van der Waals surface area contributed by atoms with E-state index in [1.165, 1.54) is 5.56 Å². The standard InChI is InChI=1S/C15H18ClN3S/c1-3-6-17-10-12-4-5-13(16)7-14(12)20-15-18-8-11(2)9-19-15/h4-5,7-9,17H,3,6,10H2,1-2H3. The van der Waals surface area contributed by atoms with Crippen molar-refractivity contribution in [1.29, 1.82) is 0 Å². The first kappa shape index (κ1) is 15.3. The van der Waals surface area contributed by atoms with Gasteiger partial charge in [0.1, 0.15) is 0 Å². The Labute approximate surface area is 129 Å². The van der Waals surface area contributed by atoms with Crippen LogP contribution in [0, 0.1) is 6.92 Å². The molecule has 5 heteroatoms. The van der Waals surface area contributed by atoms with E-state index < -0.39 is 0 Å². The number of aromatic nitrogens is 2. The van der Waals surface area contributed by atoms with E-state index in [2.05, 4.69) is 28.3 Å². The number of benzene rings is 1. The van der Waals surface area contributed by atoms with Crippen LogP contribution in [-0.4, -0.2) is 16.5 Å². The highest BCUT2D eigenvalue weighted by Crippen LogP contribution is 2.30. The van der Waals surface area contributed by atoms with E-state index in [4.69, 9.17) is 11.6 Å². The maximum atomic E-state index is 6.10. The molecule has 1 aromatic heterocycles. The number of rotatable bonds is 6. The first-order valence-electron chi connectivity index (χ1n) is 6.64. The Morgan fingerprint density at radius 3 is 2.70 bits per heavy atom. The third-order valence-corrected chi connectivity index (χ3v) is 3.96. The maximum Gasteiger partial charge on any atom is 0.192 e. The molecule has 0 radical (unpaired) electrons. The normalized spacial score (nSPS) is 10.8. The zero-order valence-corrected chi connectivity index (χ0v) is 13.3. The van der Waals surface area contributed by atoms with Crippen molar-refractivity contribution in [3.05, 3.63) is 46.7 Å². The van der Waals surface area contributed by atoms with Crippen molar-refractivity contribution in [3.8, 4) is 0 Å². The predicted octanol–water partition coefficient (Wildman–Crippen LogP) is 4.09. The Kier molecular flexibility index (Phi) is 5.83. The molecule has 0 amide bonds.